The molecule has 4 nitrogen and oxygen atoms in total. The average Bonchev–Trinajstić information content (AvgIpc) is 2.59. The predicted molar refractivity (Wildman–Crippen MR) is 93.7 cm³/mol. The first-order valence-corrected chi connectivity index (χ1v) is 8.12. The van der Waals surface area contributed by atoms with Gasteiger partial charge in [0.2, 0.25) is 5.91 Å². The maximum Gasteiger partial charge on any atom is 0.308 e. The molecule has 2 aromatic carbocycles. The molecule has 25 heavy (non-hydrogen) atoms. The second-order valence-corrected chi connectivity index (χ2v) is 6.54. The van der Waals surface area contributed by atoms with Crippen molar-refractivity contribution in [3.05, 3.63) is 71.5 Å². The quantitative estimate of drug-likeness (QED) is 0.811. The summed E-state index contributed by atoms with van der Waals surface area (Å²) in [7, 11) is 0. The normalized spacial score (nSPS) is 12.4. The molecule has 132 valence electrons. The Bertz CT molecular complexity index is 744. The van der Waals surface area contributed by atoms with Crippen molar-refractivity contribution in [2.75, 3.05) is 6.54 Å². The number of hydrogen-bond acceptors (Lipinski definition) is 2. The lowest BCUT2D eigenvalue weighted by atomic mass is 9.83. The summed E-state index contributed by atoms with van der Waals surface area (Å²) in [6.45, 7) is 3.22. The molecule has 0 heterocycles. The number of halogens is 1. The number of carbonyl (C=O) groups is 2. The van der Waals surface area contributed by atoms with Crippen LogP contribution in [-0.2, 0) is 21.4 Å². The van der Waals surface area contributed by atoms with Crippen molar-refractivity contribution >= 4 is 11.9 Å². The van der Waals surface area contributed by atoms with E-state index in [1.807, 2.05) is 30.3 Å². The largest absolute Gasteiger partial charge is 0.481 e. The Morgan fingerprint density at radius 1 is 1.08 bits per heavy atom. The molecule has 1 atom stereocenters. The van der Waals surface area contributed by atoms with E-state index in [9.17, 15) is 19.1 Å². The van der Waals surface area contributed by atoms with Crippen LogP contribution in [0.25, 0.3) is 0 Å². The highest BCUT2D eigenvalue weighted by atomic mass is 19.1. The molecule has 2 rings (SSSR count). The summed E-state index contributed by atoms with van der Waals surface area (Å²) in [6, 6.07) is 15.3. The molecule has 0 bridgehead atoms. The predicted octanol–water partition coefficient (Wildman–Crippen LogP) is 3.16. The number of amides is 1. The number of carboxylic acid groups (broad SMARTS) is 1. The Balaban J connectivity index is 2.05. The molecular formula is C20H22FNO3. The zero-order valence-corrected chi connectivity index (χ0v) is 14.3. The highest BCUT2D eigenvalue weighted by molar-refractivity contribution is 5.87. The first kappa shape index (κ1) is 18.6. The van der Waals surface area contributed by atoms with Crippen LogP contribution in [0.1, 0.15) is 25.0 Å². The van der Waals surface area contributed by atoms with Crippen molar-refractivity contribution in [1.29, 1.82) is 0 Å². The molecule has 0 aromatic heterocycles. The third-order valence-electron chi connectivity index (χ3n) is 4.30. The summed E-state index contributed by atoms with van der Waals surface area (Å²) < 4.78 is 14.0. The van der Waals surface area contributed by atoms with E-state index in [2.05, 4.69) is 5.32 Å². The number of carboxylic acids is 1. The standard InChI is InChI=1S/C20H22FNO3/c1-20(2,16-10-6-7-11-17(16)21)19(25)22-13-15(18(23)24)12-14-8-4-3-5-9-14/h3-11,15H,12-13H2,1-2H3,(H,22,25)(H,23,24). The summed E-state index contributed by atoms with van der Waals surface area (Å²) in [5.41, 5.74) is 0.0705. The fourth-order valence-corrected chi connectivity index (χ4v) is 2.67. The Morgan fingerprint density at radius 2 is 1.68 bits per heavy atom. The van der Waals surface area contributed by atoms with Gasteiger partial charge in [-0.05, 0) is 31.9 Å². The smallest absolute Gasteiger partial charge is 0.308 e. The van der Waals surface area contributed by atoms with Gasteiger partial charge >= 0.3 is 5.97 Å². The fraction of sp³-hybridized carbons (Fsp3) is 0.300. The molecule has 2 aromatic rings. The molecule has 0 spiro atoms. The van der Waals surface area contributed by atoms with E-state index in [0.717, 1.165) is 5.56 Å². The number of nitrogens with one attached hydrogen (secondary N) is 1. The Kier molecular flexibility index (Phi) is 5.91. The van der Waals surface area contributed by atoms with Crippen LogP contribution in [0.4, 0.5) is 4.39 Å². The van der Waals surface area contributed by atoms with Crippen LogP contribution in [0.2, 0.25) is 0 Å². The molecule has 0 aliphatic rings. The van der Waals surface area contributed by atoms with Gasteiger partial charge < -0.3 is 10.4 Å². The van der Waals surface area contributed by atoms with E-state index in [-0.39, 0.29) is 12.1 Å². The van der Waals surface area contributed by atoms with Crippen molar-refractivity contribution in [1.82, 2.24) is 5.32 Å². The monoisotopic (exact) mass is 343 g/mol. The number of hydrogen-bond donors (Lipinski definition) is 2. The molecule has 0 aliphatic heterocycles. The number of carbonyl (C=O) groups excluding carboxylic acids is 1. The van der Waals surface area contributed by atoms with Gasteiger partial charge in [0.1, 0.15) is 5.82 Å². The lowest BCUT2D eigenvalue weighted by molar-refractivity contribution is -0.141. The van der Waals surface area contributed by atoms with Gasteiger partial charge in [-0.25, -0.2) is 4.39 Å². The molecule has 0 fully saturated rings. The van der Waals surface area contributed by atoms with E-state index in [1.165, 1.54) is 6.07 Å². The fourth-order valence-electron chi connectivity index (χ4n) is 2.67. The van der Waals surface area contributed by atoms with Gasteiger partial charge in [0.25, 0.3) is 0 Å². The Morgan fingerprint density at radius 3 is 2.28 bits per heavy atom. The third kappa shape index (κ3) is 4.66. The van der Waals surface area contributed by atoms with Gasteiger partial charge in [-0.3, -0.25) is 9.59 Å². The summed E-state index contributed by atoms with van der Waals surface area (Å²) >= 11 is 0. The average molecular weight is 343 g/mol. The highest BCUT2D eigenvalue weighted by Crippen LogP contribution is 2.26. The number of benzene rings is 2. The van der Waals surface area contributed by atoms with Gasteiger partial charge in [0.05, 0.1) is 11.3 Å². The second-order valence-electron chi connectivity index (χ2n) is 6.54. The zero-order valence-electron chi connectivity index (χ0n) is 14.3. The van der Waals surface area contributed by atoms with Crippen LogP contribution in [0, 0.1) is 11.7 Å². The first-order valence-electron chi connectivity index (χ1n) is 8.12. The summed E-state index contributed by atoms with van der Waals surface area (Å²) in [6.07, 6.45) is 0.316. The zero-order chi connectivity index (χ0) is 18.4. The molecule has 2 N–H and O–H groups in total. The molecule has 0 radical (unpaired) electrons. The Hall–Kier alpha value is -2.69. The van der Waals surface area contributed by atoms with Crippen LogP contribution in [0.5, 0.6) is 0 Å². The molecule has 0 aliphatic carbocycles. The molecule has 1 unspecified atom stereocenters. The van der Waals surface area contributed by atoms with E-state index in [4.69, 9.17) is 0 Å². The van der Waals surface area contributed by atoms with Crippen molar-refractivity contribution in [2.45, 2.75) is 25.7 Å². The maximum absolute atomic E-state index is 14.0. The van der Waals surface area contributed by atoms with E-state index < -0.39 is 29.0 Å². The van der Waals surface area contributed by atoms with Gasteiger partial charge in [-0.2, -0.15) is 0 Å². The number of rotatable bonds is 7. The van der Waals surface area contributed by atoms with Gasteiger partial charge in [0, 0.05) is 12.1 Å². The van der Waals surface area contributed by atoms with Crippen LogP contribution in [-0.4, -0.2) is 23.5 Å². The molecular weight excluding hydrogens is 321 g/mol. The van der Waals surface area contributed by atoms with Crippen molar-refractivity contribution in [2.24, 2.45) is 5.92 Å². The molecule has 1 amide bonds. The first-order chi connectivity index (χ1) is 11.8. The maximum atomic E-state index is 14.0. The minimum absolute atomic E-state index is 0.0130. The van der Waals surface area contributed by atoms with Crippen LogP contribution >= 0.6 is 0 Å². The SMILES string of the molecule is CC(C)(C(=O)NCC(Cc1ccccc1)C(=O)O)c1ccccc1F. The van der Waals surface area contributed by atoms with E-state index >= 15 is 0 Å². The van der Waals surface area contributed by atoms with Crippen LogP contribution in [0.3, 0.4) is 0 Å². The molecule has 5 heteroatoms. The Labute approximate surface area is 146 Å². The summed E-state index contributed by atoms with van der Waals surface area (Å²) in [4.78, 5) is 24.0. The second kappa shape index (κ2) is 7.92. The van der Waals surface area contributed by atoms with E-state index in [1.54, 1.807) is 32.0 Å². The van der Waals surface area contributed by atoms with Crippen LogP contribution < -0.4 is 5.32 Å². The molecule has 0 saturated heterocycles. The lowest BCUT2D eigenvalue weighted by Crippen LogP contribution is -2.44. The van der Waals surface area contributed by atoms with Crippen molar-refractivity contribution < 1.29 is 19.1 Å². The van der Waals surface area contributed by atoms with Crippen LogP contribution in [0.15, 0.2) is 54.6 Å². The van der Waals surface area contributed by atoms with Gasteiger partial charge in [-0.15, -0.1) is 0 Å². The highest BCUT2D eigenvalue weighted by Gasteiger charge is 2.33. The minimum Gasteiger partial charge on any atom is -0.481 e. The van der Waals surface area contributed by atoms with E-state index in [0.29, 0.717) is 6.42 Å². The van der Waals surface area contributed by atoms with Gasteiger partial charge in [0.15, 0.2) is 0 Å². The van der Waals surface area contributed by atoms with Gasteiger partial charge in [-0.1, -0.05) is 48.5 Å². The molecule has 0 saturated carbocycles. The summed E-state index contributed by atoms with van der Waals surface area (Å²) in [5.74, 6) is -2.59. The third-order valence-corrected chi connectivity index (χ3v) is 4.30. The summed E-state index contributed by atoms with van der Waals surface area (Å²) in [5, 5.41) is 12.1. The van der Waals surface area contributed by atoms with Crippen molar-refractivity contribution in [3.8, 4) is 0 Å². The minimum atomic E-state index is -1.10. The topological polar surface area (TPSA) is 66.4 Å². The lowest BCUT2D eigenvalue weighted by Gasteiger charge is -2.25. The number of aliphatic carboxylic acids is 1. The van der Waals surface area contributed by atoms with Crippen molar-refractivity contribution in [3.63, 3.8) is 0 Å².